The highest BCUT2D eigenvalue weighted by atomic mass is 15.3. The van der Waals surface area contributed by atoms with Gasteiger partial charge in [0.05, 0.1) is 22.4 Å². The van der Waals surface area contributed by atoms with Gasteiger partial charge in [-0.3, -0.25) is 19.5 Å². The predicted octanol–water partition coefficient (Wildman–Crippen LogP) is 2.29. The molecule has 0 unspecified atom stereocenters. The molecule has 130 valence electrons. The van der Waals surface area contributed by atoms with Crippen LogP contribution >= 0.6 is 0 Å². The summed E-state index contributed by atoms with van der Waals surface area (Å²) in [5, 5.41) is 4.80. The van der Waals surface area contributed by atoms with E-state index in [1.807, 2.05) is 6.07 Å². The summed E-state index contributed by atoms with van der Waals surface area (Å²) in [6, 6.07) is 8.55. The van der Waals surface area contributed by atoms with Crippen LogP contribution in [0.15, 0.2) is 36.7 Å². The molecular formula is C19H24N6. The Kier molecular flexibility index (Phi) is 4.46. The molecule has 3 heterocycles. The Morgan fingerprint density at radius 1 is 1.04 bits per heavy atom. The van der Waals surface area contributed by atoms with E-state index in [1.165, 1.54) is 17.7 Å². The van der Waals surface area contributed by atoms with E-state index >= 15 is 0 Å². The Bertz CT molecular complexity index is 871. The molecular weight excluding hydrogens is 312 g/mol. The first kappa shape index (κ1) is 16.2. The molecule has 4 rings (SSSR count). The van der Waals surface area contributed by atoms with Crippen LogP contribution in [0.4, 0.5) is 0 Å². The van der Waals surface area contributed by atoms with E-state index < -0.39 is 0 Å². The fourth-order valence-corrected chi connectivity index (χ4v) is 3.51. The normalized spacial score (nSPS) is 15.5. The van der Waals surface area contributed by atoms with E-state index in [-0.39, 0.29) is 0 Å². The summed E-state index contributed by atoms with van der Waals surface area (Å²) in [6.07, 6.45) is 4.64. The first-order chi connectivity index (χ1) is 12.2. The van der Waals surface area contributed by atoms with Crippen molar-refractivity contribution in [3.8, 4) is 0 Å². The quantitative estimate of drug-likeness (QED) is 0.732. The molecule has 0 N–H and O–H groups in total. The molecule has 0 spiro atoms. The van der Waals surface area contributed by atoms with Crippen molar-refractivity contribution in [1.82, 2.24) is 29.5 Å². The van der Waals surface area contributed by atoms with Crippen molar-refractivity contribution in [2.24, 2.45) is 0 Å². The maximum absolute atomic E-state index is 4.80. The van der Waals surface area contributed by atoms with Crippen LogP contribution in [-0.4, -0.2) is 50.2 Å². The molecule has 1 aromatic carbocycles. The number of benzene rings is 1. The fourth-order valence-electron chi connectivity index (χ4n) is 3.51. The van der Waals surface area contributed by atoms with Crippen LogP contribution < -0.4 is 0 Å². The Hall–Kier alpha value is -2.31. The number of aromatic nitrogens is 4. The fraction of sp³-hybridized carbons (Fsp3) is 0.421. The van der Waals surface area contributed by atoms with E-state index in [0.29, 0.717) is 0 Å². The van der Waals surface area contributed by atoms with Gasteiger partial charge >= 0.3 is 0 Å². The minimum Gasteiger partial charge on any atom is -0.300 e. The van der Waals surface area contributed by atoms with Crippen LogP contribution in [0.1, 0.15) is 23.4 Å². The zero-order valence-corrected chi connectivity index (χ0v) is 14.9. The number of rotatable bonds is 4. The van der Waals surface area contributed by atoms with E-state index in [0.717, 1.165) is 49.5 Å². The van der Waals surface area contributed by atoms with Gasteiger partial charge in [-0.15, -0.1) is 0 Å². The molecule has 1 aliphatic heterocycles. The molecule has 0 bridgehead atoms. The molecule has 25 heavy (non-hydrogen) atoms. The molecule has 0 radical (unpaired) electrons. The van der Waals surface area contributed by atoms with E-state index in [1.54, 1.807) is 12.4 Å². The maximum atomic E-state index is 4.80. The molecule has 0 saturated carbocycles. The lowest BCUT2D eigenvalue weighted by Crippen LogP contribution is -2.18. The lowest BCUT2D eigenvalue weighted by Gasteiger charge is -2.15. The summed E-state index contributed by atoms with van der Waals surface area (Å²) >= 11 is 0. The van der Waals surface area contributed by atoms with Crippen LogP contribution in [0.2, 0.25) is 0 Å². The highest BCUT2D eigenvalue weighted by Crippen LogP contribution is 2.16. The first-order valence-corrected chi connectivity index (χ1v) is 8.80. The zero-order valence-electron chi connectivity index (χ0n) is 14.9. The maximum Gasteiger partial charge on any atom is 0.0890 e. The van der Waals surface area contributed by atoms with Gasteiger partial charge < -0.3 is 4.90 Å². The molecule has 0 aliphatic carbocycles. The lowest BCUT2D eigenvalue weighted by molar-refractivity contribution is 0.312. The van der Waals surface area contributed by atoms with Gasteiger partial charge in [0, 0.05) is 45.1 Å². The predicted molar refractivity (Wildman–Crippen MR) is 97.9 cm³/mol. The van der Waals surface area contributed by atoms with Crippen molar-refractivity contribution >= 4 is 11.0 Å². The molecule has 0 saturated heterocycles. The molecule has 0 amide bonds. The third-order valence-corrected chi connectivity index (χ3v) is 4.67. The summed E-state index contributed by atoms with van der Waals surface area (Å²) in [4.78, 5) is 13.4. The highest BCUT2D eigenvalue weighted by Gasteiger charge is 2.15. The average Bonchev–Trinajstić information content (AvgIpc) is 2.86. The minimum atomic E-state index is 0.849. The summed E-state index contributed by atoms with van der Waals surface area (Å²) < 4.78 is 2.18. The van der Waals surface area contributed by atoms with E-state index in [4.69, 9.17) is 5.10 Å². The summed E-state index contributed by atoms with van der Waals surface area (Å²) in [6.45, 7) is 4.87. The second-order valence-corrected chi connectivity index (χ2v) is 6.99. The summed E-state index contributed by atoms with van der Waals surface area (Å²) in [5.74, 6) is 0. The smallest absolute Gasteiger partial charge is 0.0890 e. The summed E-state index contributed by atoms with van der Waals surface area (Å²) in [5.41, 5.74) is 5.61. The average molecular weight is 336 g/mol. The SMILES string of the molecule is CN(Cc1ccc2nccnc2c1)Cc1cc2n(n1)CCCN(C)C2. The third kappa shape index (κ3) is 3.70. The standard InChI is InChI=1S/C19H24N6/c1-23-8-3-9-25-17(14-23)11-16(22-25)13-24(2)12-15-4-5-18-19(10-15)21-7-6-20-18/h4-7,10-11H,3,8-9,12-14H2,1-2H3. The van der Waals surface area contributed by atoms with Crippen LogP contribution in [-0.2, 0) is 26.2 Å². The Morgan fingerprint density at radius 2 is 1.88 bits per heavy atom. The number of nitrogens with zero attached hydrogens (tertiary/aromatic N) is 6. The summed E-state index contributed by atoms with van der Waals surface area (Å²) in [7, 11) is 4.31. The first-order valence-electron chi connectivity index (χ1n) is 8.80. The largest absolute Gasteiger partial charge is 0.300 e. The minimum absolute atomic E-state index is 0.849. The second-order valence-electron chi connectivity index (χ2n) is 6.99. The Morgan fingerprint density at radius 3 is 2.76 bits per heavy atom. The number of hydrogen-bond acceptors (Lipinski definition) is 5. The topological polar surface area (TPSA) is 50.1 Å². The van der Waals surface area contributed by atoms with Gasteiger partial charge in [-0.2, -0.15) is 5.10 Å². The van der Waals surface area contributed by atoms with Crippen LogP contribution in [0, 0.1) is 0 Å². The van der Waals surface area contributed by atoms with Gasteiger partial charge in [0.25, 0.3) is 0 Å². The molecule has 6 nitrogen and oxygen atoms in total. The third-order valence-electron chi connectivity index (χ3n) is 4.67. The zero-order chi connectivity index (χ0) is 17.2. The number of fused-ring (bicyclic) bond motifs is 2. The number of aryl methyl sites for hydroxylation is 1. The van der Waals surface area contributed by atoms with Crippen molar-refractivity contribution in [1.29, 1.82) is 0 Å². The van der Waals surface area contributed by atoms with Crippen molar-refractivity contribution in [3.05, 3.63) is 53.6 Å². The molecule has 3 aromatic rings. The monoisotopic (exact) mass is 336 g/mol. The second kappa shape index (κ2) is 6.90. The molecule has 2 aromatic heterocycles. The van der Waals surface area contributed by atoms with Crippen molar-refractivity contribution in [3.63, 3.8) is 0 Å². The van der Waals surface area contributed by atoms with Crippen molar-refractivity contribution < 1.29 is 0 Å². The lowest BCUT2D eigenvalue weighted by atomic mass is 10.2. The number of hydrogen-bond donors (Lipinski definition) is 0. The Labute approximate surface area is 148 Å². The highest BCUT2D eigenvalue weighted by molar-refractivity contribution is 5.74. The van der Waals surface area contributed by atoms with Gasteiger partial charge in [0.2, 0.25) is 0 Å². The van der Waals surface area contributed by atoms with Crippen molar-refractivity contribution in [2.45, 2.75) is 32.6 Å². The van der Waals surface area contributed by atoms with Crippen LogP contribution in [0.5, 0.6) is 0 Å². The Balaban J connectivity index is 1.44. The van der Waals surface area contributed by atoms with E-state index in [2.05, 4.69) is 56.7 Å². The van der Waals surface area contributed by atoms with Crippen molar-refractivity contribution in [2.75, 3.05) is 20.6 Å². The molecule has 0 fully saturated rings. The van der Waals surface area contributed by atoms with Crippen LogP contribution in [0.3, 0.4) is 0 Å². The van der Waals surface area contributed by atoms with E-state index in [9.17, 15) is 0 Å². The van der Waals surface area contributed by atoms with Gasteiger partial charge in [-0.25, -0.2) is 0 Å². The molecule has 1 aliphatic rings. The van der Waals surface area contributed by atoms with Crippen LogP contribution in [0.25, 0.3) is 11.0 Å². The molecule has 0 atom stereocenters. The van der Waals surface area contributed by atoms with Gasteiger partial charge in [0.15, 0.2) is 0 Å². The van der Waals surface area contributed by atoms with Gasteiger partial charge in [-0.05, 0) is 44.3 Å². The van der Waals surface area contributed by atoms with Gasteiger partial charge in [0.1, 0.15) is 0 Å². The molecule has 6 heteroatoms. The van der Waals surface area contributed by atoms with Gasteiger partial charge in [-0.1, -0.05) is 6.07 Å².